The molecule has 1 aliphatic rings. The van der Waals surface area contributed by atoms with Gasteiger partial charge in [0, 0.05) is 29.6 Å². The van der Waals surface area contributed by atoms with Gasteiger partial charge in [0.05, 0.1) is 6.04 Å². The van der Waals surface area contributed by atoms with E-state index in [9.17, 15) is 14.4 Å². The van der Waals surface area contributed by atoms with Crippen molar-refractivity contribution in [1.82, 2.24) is 9.80 Å². The van der Waals surface area contributed by atoms with Crippen LogP contribution in [0, 0.1) is 5.41 Å². The Morgan fingerprint density at radius 2 is 1.80 bits per heavy atom. The molecule has 1 aliphatic heterocycles. The number of rotatable bonds is 1. The van der Waals surface area contributed by atoms with Crippen LogP contribution in [-0.2, 0) is 14.4 Å². The van der Waals surface area contributed by atoms with E-state index in [0.29, 0.717) is 5.02 Å². The normalized spacial score (nSPS) is 21.2. The fourth-order valence-electron chi connectivity index (χ4n) is 3.05. The second kappa shape index (κ2) is 7.04. The summed E-state index contributed by atoms with van der Waals surface area (Å²) in [7, 11) is 0. The lowest BCUT2D eigenvalue weighted by Crippen LogP contribution is -2.60. The van der Waals surface area contributed by atoms with Gasteiger partial charge in [-0.3, -0.25) is 14.4 Å². The highest BCUT2D eigenvalue weighted by atomic mass is 35.5. The Bertz CT molecular complexity index is 699. The fraction of sp³-hybridized carbons (Fsp3) is 0.500. The molecule has 7 heteroatoms. The van der Waals surface area contributed by atoms with Crippen LogP contribution in [-0.4, -0.2) is 46.7 Å². The first-order valence-corrected chi connectivity index (χ1v) is 8.57. The molecule has 0 spiro atoms. The number of nitrogens with two attached hydrogens (primary N) is 1. The first kappa shape index (κ1) is 19.2. The van der Waals surface area contributed by atoms with E-state index in [2.05, 4.69) is 0 Å². The van der Waals surface area contributed by atoms with Gasteiger partial charge in [-0.15, -0.1) is 0 Å². The zero-order valence-electron chi connectivity index (χ0n) is 15.0. The second-order valence-electron chi connectivity index (χ2n) is 7.45. The molecule has 0 unspecified atom stereocenters. The third-order valence-corrected chi connectivity index (χ3v) is 4.58. The maximum atomic E-state index is 12.8. The van der Waals surface area contributed by atoms with Gasteiger partial charge in [0.15, 0.2) is 0 Å². The topological polar surface area (TPSA) is 83.7 Å². The highest BCUT2D eigenvalue weighted by Gasteiger charge is 2.41. The van der Waals surface area contributed by atoms with Gasteiger partial charge in [0.2, 0.25) is 5.91 Å². The number of primary amides is 1. The molecule has 6 nitrogen and oxygen atoms in total. The number of benzene rings is 1. The summed E-state index contributed by atoms with van der Waals surface area (Å²) in [5.74, 6) is -1.76. The van der Waals surface area contributed by atoms with Gasteiger partial charge >= 0.3 is 11.8 Å². The second-order valence-corrected chi connectivity index (χ2v) is 7.89. The summed E-state index contributed by atoms with van der Waals surface area (Å²) in [6.45, 7) is 7.96. The van der Waals surface area contributed by atoms with E-state index in [4.69, 9.17) is 17.3 Å². The smallest absolute Gasteiger partial charge is 0.312 e. The van der Waals surface area contributed by atoms with Gasteiger partial charge < -0.3 is 15.5 Å². The van der Waals surface area contributed by atoms with Gasteiger partial charge in [0.25, 0.3) is 0 Å². The molecule has 0 radical (unpaired) electrons. The molecular weight excluding hydrogens is 342 g/mol. The average Bonchev–Trinajstić information content (AvgIpc) is 2.52. The summed E-state index contributed by atoms with van der Waals surface area (Å²) in [4.78, 5) is 39.7. The molecule has 3 amide bonds. The van der Waals surface area contributed by atoms with E-state index in [1.807, 2.05) is 33.8 Å². The quantitative estimate of drug-likeness (QED) is 0.772. The fourth-order valence-corrected chi connectivity index (χ4v) is 3.25. The molecule has 1 saturated heterocycles. The summed E-state index contributed by atoms with van der Waals surface area (Å²) < 4.78 is 0. The van der Waals surface area contributed by atoms with Crippen LogP contribution >= 0.6 is 11.6 Å². The first-order valence-electron chi connectivity index (χ1n) is 8.19. The van der Waals surface area contributed by atoms with Crippen LogP contribution in [0.15, 0.2) is 24.3 Å². The van der Waals surface area contributed by atoms with Crippen molar-refractivity contribution in [3.63, 3.8) is 0 Å². The van der Waals surface area contributed by atoms with Crippen molar-refractivity contribution < 1.29 is 14.4 Å². The maximum absolute atomic E-state index is 12.8. The number of nitrogens with zero attached hydrogens (tertiary/aromatic N) is 2. The van der Waals surface area contributed by atoms with Gasteiger partial charge in [-0.2, -0.15) is 0 Å². The van der Waals surface area contributed by atoms with E-state index in [1.165, 1.54) is 4.90 Å². The predicted octanol–water partition coefficient (Wildman–Crippen LogP) is 1.97. The van der Waals surface area contributed by atoms with Crippen molar-refractivity contribution in [2.24, 2.45) is 11.1 Å². The number of halogens is 1. The number of piperazine rings is 1. The zero-order chi connectivity index (χ0) is 18.9. The summed E-state index contributed by atoms with van der Waals surface area (Å²) in [6.07, 6.45) is 0. The largest absolute Gasteiger partial charge is 0.361 e. The molecule has 0 saturated carbocycles. The minimum atomic E-state index is -1.00. The Morgan fingerprint density at radius 1 is 1.16 bits per heavy atom. The van der Waals surface area contributed by atoms with E-state index in [1.54, 1.807) is 23.1 Å². The molecule has 1 aromatic rings. The lowest BCUT2D eigenvalue weighted by Gasteiger charge is -2.46. The zero-order valence-corrected chi connectivity index (χ0v) is 15.7. The van der Waals surface area contributed by atoms with Crippen LogP contribution in [0.1, 0.15) is 39.3 Å². The molecule has 2 atom stereocenters. The molecule has 136 valence electrons. The van der Waals surface area contributed by atoms with Crippen LogP contribution in [0.5, 0.6) is 0 Å². The van der Waals surface area contributed by atoms with Crippen LogP contribution < -0.4 is 5.73 Å². The summed E-state index contributed by atoms with van der Waals surface area (Å²) in [5.41, 5.74) is 5.44. The van der Waals surface area contributed by atoms with Crippen molar-refractivity contribution in [1.29, 1.82) is 0 Å². The van der Waals surface area contributed by atoms with Crippen LogP contribution in [0.2, 0.25) is 5.02 Å². The SMILES string of the molecule is C[C@@H]1CN(C(=O)C(N)=O)[C@@H](c2cccc(Cl)c2)CN1C(=O)C(C)(C)C. The molecule has 0 bridgehead atoms. The summed E-state index contributed by atoms with van der Waals surface area (Å²) >= 11 is 6.08. The van der Waals surface area contributed by atoms with Gasteiger partial charge in [-0.25, -0.2) is 0 Å². The van der Waals surface area contributed by atoms with E-state index in [-0.39, 0.29) is 25.0 Å². The molecule has 2 N–H and O–H groups in total. The van der Waals surface area contributed by atoms with Gasteiger partial charge in [-0.05, 0) is 24.6 Å². The van der Waals surface area contributed by atoms with Gasteiger partial charge in [-0.1, -0.05) is 44.5 Å². The van der Waals surface area contributed by atoms with E-state index in [0.717, 1.165) is 5.56 Å². The Labute approximate surface area is 152 Å². The van der Waals surface area contributed by atoms with E-state index < -0.39 is 23.3 Å². The highest BCUT2D eigenvalue weighted by molar-refractivity contribution is 6.34. The lowest BCUT2D eigenvalue weighted by molar-refractivity contribution is -0.155. The Hall–Kier alpha value is -2.08. The molecule has 2 rings (SSSR count). The minimum absolute atomic E-state index is 0.00166. The minimum Gasteiger partial charge on any atom is -0.361 e. The van der Waals surface area contributed by atoms with Gasteiger partial charge in [0.1, 0.15) is 0 Å². The predicted molar refractivity (Wildman–Crippen MR) is 95.7 cm³/mol. The van der Waals surface area contributed by atoms with Crippen LogP contribution in [0.4, 0.5) is 0 Å². The van der Waals surface area contributed by atoms with Crippen molar-refractivity contribution >= 4 is 29.3 Å². The Morgan fingerprint density at radius 3 is 2.32 bits per heavy atom. The molecule has 0 aromatic heterocycles. The Kier molecular flexibility index (Phi) is 5.42. The number of carbonyl (C=O) groups is 3. The third-order valence-electron chi connectivity index (χ3n) is 4.35. The number of hydrogen-bond donors (Lipinski definition) is 1. The monoisotopic (exact) mass is 365 g/mol. The van der Waals surface area contributed by atoms with Crippen molar-refractivity contribution in [3.05, 3.63) is 34.9 Å². The van der Waals surface area contributed by atoms with E-state index >= 15 is 0 Å². The average molecular weight is 366 g/mol. The number of amides is 3. The van der Waals surface area contributed by atoms with Crippen molar-refractivity contribution in [2.45, 2.75) is 39.8 Å². The van der Waals surface area contributed by atoms with Crippen LogP contribution in [0.3, 0.4) is 0 Å². The number of carbonyl (C=O) groups excluding carboxylic acids is 3. The van der Waals surface area contributed by atoms with Crippen molar-refractivity contribution in [2.75, 3.05) is 13.1 Å². The molecule has 25 heavy (non-hydrogen) atoms. The van der Waals surface area contributed by atoms with Crippen LogP contribution in [0.25, 0.3) is 0 Å². The molecule has 1 fully saturated rings. The number of hydrogen-bond acceptors (Lipinski definition) is 3. The molecule has 1 aromatic carbocycles. The molecule has 0 aliphatic carbocycles. The summed E-state index contributed by atoms with van der Waals surface area (Å²) in [5, 5.41) is 0.524. The molecular formula is C18H24ClN3O3. The standard InChI is InChI=1S/C18H24ClN3O3/c1-11-9-22(16(24)15(20)23)14(12-6-5-7-13(19)8-12)10-21(11)17(25)18(2,3)4/h5-8,11,14H,9-10H2,1-4H3,(H2,20,23)/t11-,14-/m1/s1. The summed E-state index contributed by atoms with van der Waals surface area (Å²) in [6, 6.07) is 6.39. The van der Waals surface area contributed by atoms with Crippen molar-refractivity contribution in [3.8, 4) is 0 Å². The Balaban J connectivity index is 2.42. The highest BCUT2D eigenvalue weighted by Crippen LogP contribution is 2.32. The first-order chi connectivity index (χ1) is 11.5. The maximum Gasteiger partial charge on any atom is 0.312 e. The lowest BCUT2D eigenvalue weighted by atomic mass is 9.91. The third kappa shape index (κ3) is 4.12. The molecule has 1 heterocycles.